The maximum Gasteiger partial charge on any atom is 0.227 e. The highest BCUT2D eigenvalue weighted by molar-refractivity contribution is 5.94. The summed E-state index contributed by atoms with van der Waals surface area (Å²) in [6.07, 6.45) is 0.809. The molecule has 0 aliphatic heterocycles. The van der Waals surface area contributed by atoms with Gasteiger partial charge < -0.3 is 15.8 Å². The van der Waals surface area contributed by atoms with E-state index in [0.717, 1.165) is 6.42 Å². The topological polar surface area (TPSA) is 64.4 Å². The number of nitrogens with one attached hydrogen (secondary N) is 1. The highest BCUT2D eigenvalue weighted by atomic mass is 16.5. The van der Waals surface area contributed by atoms with Gasteiger partial charge in [-0.2, -0.15) is 0 Å². The average Bonchev–Trinajstić information content (AvgIpc) is 2.30. The van der Waals surface area contributed by atoms with Crippen LogP contribution >= 0.6 is 0 Å². The van der Waals surface area contributed by atoms with Gasteiger partial charge in [-0.25, -0.2) is 0 Å². The summed E-state index contributed by atoms with van der Waals surface area (Å²) in [5.41, 5.74) is 6.89. The number of methoxy groups -OCH3 is 1. The predicted molar refractivity (Wildman–Crippen MR) is 65.5 cm³/mol. The third-order valence-electron chi connectivity index (χ3n) is 2.54. The number of benzene rings is 1. The number of rotatable bonds is 4. The zero-order chi connectivity index (χ0) is 12.1. The SMILES string of the molecule is CC[C@H](C)C(=O)Nc1ccc(N)cc1OC. The van der Waals surface area contributed by atoms with Crippen molar-refractivity contribution < 1.29 is 9.53 Å². The Kier molecular flexibility index (Phi) is 4.17. The summed E-state index contributed by atoms with van der Waals surface area (Å²) in [6.45, 7) is 3.86. The van der Waals surface area contributed by atoms with Gasteiger partial charge in [0.15, 0.2) is 0 Å². The molecule has 1 amide bonds. The summed E-state index contributed by atoms with van der Waals surface area (Å²) >= 11 is 0. The first-order valence-corrected chi connectivity index (χ1v) is 5.32. The molecule has 0 saturated heterocycles. The molecule has 1 atom stereocenters. The van der Waals surface area contributed by atoms with Crippen LogP contribution in [0.5, 0.6) is 5.75 Å². The van der Waals surface area contributed by atoms with Gasteiger partial charge in [-0.05, 0) is 18.6 Å². The lowest BCUT2D eigenvalue weighted by Gasteiger charge is -2.13. The van der Waals surface area contributed by atoms with Crippen LogP contribution in [0.1, 0.15) is 20.3 Å². The number of amides is 1. The Balaban J connectivity index is 2.84. The van der Waals surface area contributed by atoms with Crippen LogP contribution in [0.15, 0.2) is 18.2 Å². The van der Waals surface area contributed by atoms with Crippen molar-refractivity contribution in [1.29, 1.82) is 0 Å². The number of carbonyl (C=O) groups excluding carboxylic acids is 1. The second kappa shape index (κ2) is 5.39. The molecule has 4 heteroatoms. The molecule has 0 fully saturated rings. The van der Waals surface area contributed by atoms with Crippen molar-refractivity contribution in [3.05, 3.63) is 18.2 Å². The molecule has 1 aromatic carbocycles. The lowest BCUT2D eigenvalue weighted by atomic mass is 10.1. The van der Waals surface area contributed by atoms with Crippen LogP contribution in [0, 0.1) is 5.92 Å². The maximum absolute atomic E-state index is 11.7. The van der Waals surface area contributed by atoms with Crippen molar-refractivity contribution in [1.82, 2.24) is 0 Å². The van der Waals surface area contributed by atoms with Crippen LogP contribution in [0.2, 0.25) is 0 Å². The van der Waals surface area contributed by atoms with Gasteiger partial charge in [0.1, 0.15) is 5.75 Å². The third-order valence-corrected chi connectivity index (χ3v) is 2.54. The molecule has 0 saturated carbocycles. The lowest BCUT2D eigenvalue weighted by Crippen LogP contribution is -2.20. The molecule has 4 nitrogen and oxygen atoms in total. The summed E-state index contributed by atoms with van der Waals surface area (Å²) in [6, 6.07) is 5.16. The van der Waals surface area contributed by atoms with Crippen molar-refractivity contribution in [3.63, 3.8) is 0 Å². The highest BCUT2D eigenvalue weighted by Gasteiger charge is 2.12. The minimum atomic E-state index is -0.0118. The molecule has 3 N–H and O–H groups in total. The van der Waals surface area contributed by atoms with E-state index in [4.69, 9.17) is 10.5 Å². The molecule has 0 radical (unpaired) electrons. The normalized spacial score (nSPS) is 11.9. The summed E-state index contributed by atoms with van der Waals surface area (Å²) in [5.74, 6) is 0.560. The fourth-order valence-corrected chi connectivity index (χ4v) is 1.25. The van der Waals surface area contributed by atoms with Crippen LogP contribution in [-0.2, 0) is 4.79 Å². The molecule has 1 rings (SSSR count). The van der Waals surface area contributed by atoms with Gasteiger partial charge in [0.25, 0.3) is 0 Å². The quantitative estimate of drug-likeness (QED) is 0.768. The molecule has 0 heterocycles. The Labute approximate surface area is 95.8 Å². The van der Waals surface area contributed by atoms with Crippen molar-refractivity contribution >= 4 is 17.3 Å². The third kappa shape index (κ3) is 2.89. The number of carbonyl (C=O) groups is 1. The van der Waals surface area contributed by atoms with Gasteiger partial charge in [0, 0.05) is 17.7 Å². The van der Waals surface area contributed by atoms with E-state index in [0.29, 0.717) is 17.1 Å². The highest BCUT2D eigenvalue weighted by Crippen LogP contribution is 2.27. The van der Waals surface area contributed by atoms with Crippen LogP contribution < -0.4 is 15.8 Å². The standard InChI is InChI=1S/C12H18N2O2/c1-4-8(2)12(15)14-10-6-5-9(13)7-11(10)16-3/h5-8H,4,13H2,1-3H3,(H,14,15)/t8-/m0/s1. The second-order valence-electron chi connectivity index (χ2n) is 3.76. The van der Waals surface area contributed by atoms with Gasteiger partial charge in [0.2, 0.25) is 5.91 Å². The van der Waals surface area contributed by atoms with Crippen molar-refractivity contribution in [3.8, 4) is 5.75 Å². The monoisotopic (exact) mass is 222 g/mol. The average molecular weight is 222 g/mol. The van der Waals surface area contributed by atoms with E-state index in [9.17, 15) is 4.79 Å². The summed E-state index contributed by atoms with van der Waals surface area (Å²) in [5, 5.41) is 2.82. The first-order valence-electron chi connectivity index (χ1n) is 5.32. The largest absolute Gasteiger partial charge is 0.494 e. The molecule has 1 aromatic rings. The Hall–Kier alpha value is -1.71. The summed E-state index contributed by atoms with van der Waals surface area (Å²) < 4.78 is 5.15. The molecule has 0 aromatic heterocycles. The van der Waals surface area contributed by atoms with E-state index in [1.54, 1.807) is 25.3 Å². The molecule has 0 unspecified atom stereocenters. The Morgan fingerprint density at radius 3 is 2.81 bits per heavy atom. The van der Waals surface area contributed by atoms with Gasteiger partial charge in [-0.3, -0.25) is 4.79 Å². The van der Waals surface area contributed by atoms with E-state index in [1.807, 2.05) is 13.8 Å². The van der Waals surface area contributed by atoms with E-state index in [-0.39, 0.29) is 11.8 Å². The predicted octanol–water partition coefficient (Wildman–Crippen LogP) is 2.26. The molecule has 0 aliphatic carbocycles. The van der Waals surface area contributed by atoms with E-state index < -0.39 is 0 Å². The second-order valence-corrected chi connectivity index (χ2v) is 3.76. The molecule has 16 heavy (non-hydrogen) atoms. The minimum Gasteiger partial charge on any atom is -0.494 e. The molecule has 0 aliphatic rings. The van der Waals surface area contributed by atoms with Gasteiger partial charge >= 0.3 is 0 Å². The number of ether oxygens (including phenoxy) is 1. The number of nitrogens with two attached hydrogens (primary N) is 1. The van der Waals surface area contributed by atoms with Gasteiger partial charge in [-0.15, -0.1) is 0 Å². The Bertz CT molecular complexity index is 377. The van der Waals surface area contributed by atoms with E-state index >= 15 is 0 Å². The smallest absolute Gasteiger partial charge is 0.227 e. The van der Waals surface area contributed by atoms with Gasteiger partial charge in [0.05, 0.1) is 12.8 Å². The first-order chi connectivity index (χ1) is 7.58. The zero-order valence-corrected chi connectivity index (χ0v) is 9.91. The van der Waals surface area contributed by atoms with Crippen molar-refractivity contribution in [2.45, 2.75) is 20.3 Å². The number of anilines is 2. The summed E-state index contributed by atoms with van der Waals surface area (Å²) in [7, 11) is 1.55. The number of hydrogen-bond acceptors (Lipinski definition) is 3. The zero-order valence-electron chi connectivity index (χ0n) is 9.91. The number of hydrogen-bond donors (Lipinski definition) is 2. The lowest BCUT2D eigenvalue weighted by molar-refractivity contribution is -0.119. The summed E-state index contributed by atoms with van der Waals surface area (Å²) in [4.78, 5) is 11.7. The van der Waals surface area contributed by atoms with Gasteiger partial charge in [-0.1, -0.05) is 13.8 Å². The molecule has 0 spiro atoms. The maximum atomic E-state index is 11.7. The van der Waals surface area contributed by atoms with Crippen LogP contribution in [0.4, 0.5) is 11.4 Å². The van der Waals surface area contributed by atoms with Crippen LogP contribution in [-0.4, -0.2) is 13.0 Å². The minimum absolute atomic E-state index is 0.00873. The molecular weight excluding hydrogens is 204 g/mol. The van der Waals surface area contributed by atoms with Crippen molar-refractivity contribution in [2.24, 2.45) is 5.92 Å². The van der Waals surface area contributed by atoms with Crippen molar-refractivity contribution in [2.75, 3.05) is 18.2 Å². The molecule has 88 valence electrons. The van der Waals surface area contributed by atoms with Crippen LogP contribution in [0.3, 0.4) is 0 Å². The molecular formula is C12H18N2O2. The van der Waals surface area contributed by atoms with E-state index in [1.165, 1.54) is 0 Å². The fraction of sp³-hybridized carbons (Fsp3) is 0.417. The Morgan fingerprint density at radius 1 is 1.56 bits per heavy atom. The van der Waals surface area contributed by atoms with Crippen LogP contribution in [0.25, 0.3) is 0 Å². The fourth-order valence-electron chi connectivity index (χ4n) is 1.25. The Morgan fingerprint density at radius 2 is 2.25 bits per heavy atom. The number of nitrogen functional groups attached to an aromatic ring is 1. The van der Waals surface area contributed by atoms with E-state index in [2.05, 4.69) is 5.32 Å². The molecule has 0 bridgehead atoms. The first kappa shape index (κ1) is 12.4.